The van der Waals surface area contributed by atoms with Crippen molar-refractivity contribution in [3.05, 3.63) is 35.4 Å². The van der Waals surface area contributed by atoms with E-state index in [9.17, 15) is 9.50 Å². The third kappa shape index (κ3) is 2.22. The van der Waals surface area contributed by atoms with E-state index in [2.05, 4.69) is 20.0 Å². The minimum absolute atomic E-state index is 0.128. The van der Waals surface area contributed by atoms with Gasteiger partial charge in [0.05, 0.1) is 18.2 Å². The molecule has 2 atom stereocenters. The zero-order valence-corrected chi connectivity index (χ0v) is 13.0. The lowest BCUT2D eigenvalue weighted by molar-refractivity contribution is 0.265. The van der Waals surface area contributed by atoms with Gasteiger partial charge in [0, 0.05) is 18.7 Å². The summed E-state index contributed by atoms with van der Waals surface area (Å²) >= 11 is 0. The fraction of sp³-hybridized carbons (Fsp3) is 0.562. The fourth-order valence-electron chi connectivity index (χ4n) is 4.07. The number of rotatable bonds is 3. The third-order valence-corrected chi connectivity index (χ3v) is 5.24. The minimum Gasteiger partial charge on any atom is -0.392 e. The smallest absolute Gasteiger partial charge is 0.234 e. The molecule has 6 nitrogen and oxygen atoms in total. The number of aliphatic hydroxyl groups is 1. The molecule has 2 aromatic rings. The van der Waals surface area contributed by atoms with Gasteiger partial charge in [-0.1, -0.05) is 11.6 Å². The second-order valence-corrected chi connectivity index (χ2v) is 6.56. The largest absolute Gasteiger partial charge is 0.392 e. The fourth-order valence-corrected chi connectivity index (χ4v) is 4.07. The number of hydrogen-bond donors (Lipinski definition) is 1. The van der Waals surface area contributed by atoms with E-state index in [0.29, 0.717) is 23.5 Å². The average Bonchev–Trinajstić information content (AvgIpc) is 3.21. The molecule has 7 heteroatoms. The van der Waals surface area contributed by atoms with Gasteiger partial charge in [0.25, 0.3) is 0 Å². The highest BCUT2D eigenvalue weighted by molar-refractivity contribution is 5.45. The molecule has 2 aliphatic rings. The first-order chi connectivity index (χ1) is 11.1. The predicted octanol–water partition coefficient (Wildman–Crippen LogP) is 1.96. The Bertz CT molecular complexity index is 735. The Morgan fingerprint density at radius 1 is 1.52 bits per heavy atom. The molecule has 0 radical (unpaired) electrons. The van der Waals surface area contributed by atoms with Crippen LogP contribution >= 0.6 is 0 Å². The zero-order chi connectivity index (χ0) is 16.0. The van der Waals surface area contributed by atoms with Crippen molar-refractivity contribution < 1.29 is 14.0 Å². The molecule has 0 amide bonds. The topological polar surface area (TPSA) is 75.3 Å². The normalized spacial score (nSPS) is 26.7. The second-order valence-electron chi connectivity index (χ2n) is 6.56. The summed E-state index contributed by atoms with van der Waals surface area (Å²) in [4.78, 5) is 10.8. The first-order valence-corrected chi connectivity index (χ1v) is 7.93. The lowest BCUT2D eigenvalue weighted by Gasteiger charge is -2.24. The molecular formula is C16H19FN4O2. The number of aromatic nitrogens is 3. The van der Waals surface area contributed by atoms with Crippen LogP contribution in [0.3, 0.4) is 0 Å². The van der Waals surface area contributed by atoms with Crippen LogP contribution in [0.5, 0.6) is 0 Å². The van der Waals surface area contributed by atoms with Crippen molar-refractivity contribution in [1.82, 2.24) is 15.1 Å². The maximum atomic E-state index is 13.6. The van der Waals surface area contributed by atoms with Crippen LogP contribution in [0, 0.1) is 18.7 Å². The van der Waals surface area contributed by atoms with E-state index >= 15 is 0 Å². The van der Waals surface area contributed by atoms with Gasteiger partial charge in [0.1, 0.15) is 11.6 Å². The molecule has 2 aromatic heterocycles. The molecule has 4 rings (SSSR count). The van der Waals surface area contributed by atoms with Gasteiger partial charge in [-0.25, -0.2) is 9.37 Å². The van der Waals surface area contributed by atoms with Crippen LogP contribution in [-0.4, -0.2) is 33.3 Å². The van der Waals surface area contributed by atoms with Gasteiger partial charge in [-0.15, -0.1) is 0 Å². The lowest BCUT2D eigenvalue weighted by atomic mass is 9.80. The Morgan fingerprint density at radius 2 is 2.39 bits per heavy atom. The summed E-state index contributed by atoms with van der Waals surface area (Å²) in [6.07, 6.45) is 4.47. The summed E-state index contributed by atoms with van der Waals surface area (Å²) in [7, 11) is 0. The number of nitrogens with zero attached hydrogens (tertiary/aromatic N) is 4. The Morgan fingerprint density at radius 3 is 3.13 bits per heavy atom. The van der Waals surface area contributed by atoms with Gasteiger partial charge in [-0.05, 0) is 31.7 Å². The lowest BCUT2D eigenvalue weighted by Crippen LogP contribution is -2.32. The summed E-state index contributed by atoms with van der Waals surface area (Å²) in [6.45, 7) is 3.08. The van der Waals surface area contributed by atoms with Crippen LogP contribution in [0.15, 0.2) is 16.8 Å². The van der Waals surface area contributed by atoms with Crippen molar-refractivity contribution in [2.24, 2.45) is 5.92 Å². The number of pyridine rings is 1. The molecule has 1 N–H and O–H groups in total. The van der Waals surface area contributed by atoms with Crippen molar-refractivity contribution in [2.75, 3.05) is 18.0 Å². The van der Waals surface area contributed by atoms with Gasteiger partial charge < -0.3 is 14.5 Å². The highest BCUT2D eigenvalue weighted by atomic mass is 19.1. The molecule has 1 saturated carbocycles. The highest BCUT2D eigenvalue weighted by Crippen LogP contribution is 2.50. The van der Waals surface area contributed by atoms with Gasteiger partial charge in [0.2, 0.25) is 5.89 Å². The average molecular weight is 318 g/mol. The molecular weight excluding hydrogens is 299 g/mol. The van der Waals surface area contributed by atoms with Gasteiger partial charge in [0.15, 0.2) is 5.82 Å². The number of hydrogen-bond acceptors (Lipinski definition) is 6. The van der Waals surface area contributed by atoms with E-state index in [1.165, 1.54) is 6.20 Å². The van der Waals surface area contributed by atoms with E-state index in [1.54, 1.807) is 6.07 Å². The molecule has 1 saturated heterocycles. The Hall–Kier alpha value is -2.02. The Labute approximate surface area is 133 Å². The van der Waals surface area contributed by atoms with E-state index < -0.39 is 5.82 Å². The van der Waals surface area contributed by atoms with Crippen LogP contribution < -0.4 is 4.90 Å². The first-order valence-electron chi connectivity index (χ1n) is 7.93. The van der Waals surface area contributed by atoms with Crippen LogP contribution in [0.25, 0.3) is 0 Å². The van der Waals surface area contributed by atoms with Gasteiger partial charge in [-0.3, -0.25) is 0 Å². The van der Waals surface area contributed by atoms with Crippen LogP contribution in [-0.2, 0) is 12.0 Å². The number of aliphatic hydroxyl groups excluding tert-OH is 1. The van der Waals surface area contributed by atoms with E-state index in [4.69, 9.17) is 4.52 Å². The molecule has 3 heterocycles. The molecule has 0 bridgehead atoms. The van der Waals surface area contributed by atoms with Crippen LogP contribution in [0.2, 0.25) is 0 Å². The molecule has 122 valence electrons. The minimum atomic E-state index is -0.474. The van der Waals surface area contributed by atoms with Crippen LogP contribution in [0.1, 0.15) is 36.5 Å². The first kappa shape index (κ1) is 14.6. The summed E-state index contributed by atoms with van der Waals surface area (Å²) < 4.78 is 19.0. The van der Waals surface area contributed by atoms with Gasteiger partial charge >= 0.3 is 0 Å². The van der Waals surface area contributed by atoms with E-state index in [0.717, 1.165) is 32.4 Å². The van der Waals surface area contributed by atoms with Crippen LogP contribution in [0.4, 0.5) is 10.2 Å². The van der Waals surface area contributed by atoms with Crippen molar-refractivity contribution in [3.8, 4) is 0 Å². The number of halogens is 1. The van der Waals surface area contributed by atoms with Crippen molar-refractivity contribution in [3.63, 3.8) is 0 Å². The predicted molar refractivity (Wildman–Crippen MR) is 80.4 cm³/mol. The SMILES string of the molecule is Cc1noc([C@]23CCC[C@H]2CN(c2cc(CO)c(F)cn2)C3)n1. The van der Waals surface area contributed by atoms with Crippen molar-refractivity contribution in [2.45, 2.75) is 38.2 Å². The van der Waals surface area contributed by atoms with Gasteiger partial charge in [-0.2, -0.15) is 4.98 Å². The summed E-state index contributed by atoms with van der Waals surface area (Å²) in [5, 5.41) is 13.2. The molecule has 1 aliphatic carbocycles. The molecule has 0 unspecified atom stereocenters. The quantitative estimate of drug-likeness (QED) is 0.932. The second kappa shape index (κ2) is 5.26. The monoisotopic (exact) mass is 318 g/mol. The highest BCUT2D eigenvalue weighted by Gasteiger charge is 2.54. The summed E-state index contributed by atoms with van der Waals surface area (Å²) in [5.41, 5.74) is 0.145. The number of aryl methyl sites for hydroxylation is 1. The molecule has 2 fully saturated rings. The Balaban J connectivity index is 1.67. The van der Waals surface area contributed by atoms with Crippen molar-refractivity contribution >= 4 is 5.82 Å². The Kier molecular flexibility index (Phi) is 3.33. The summed E-state index contributed by atoms with van der Waals surface area (Å²) in [6, 6.07) is 1.63. The number of anilines is 1. The third-order valence-electron chi connectivity index (χ3n) is 5.24. The standard InChI is InChI=1S/C16H19FN4O2/c1-10-19-15(23-20-10)16-4-2-3-12(16)7-21(9-16)14-5-11(8-22)13(17)6-18-14/h5-6,12,22H,2-4,7-9H2,1H3/t12-,16-/m0/s1. The summed E-state index contributed by atoms with van der Waals surface area (Å²) in [5.74, 6) is 2.02. The van der Waals surface area contributed by atoms with E-state index in [-0.39, 0.29) is 17.6 Å². The zero-order valence-electron chi connectivity index (χ0n) is 13.0. The number of fused-ring (bicyclic) bond motifs is 1. The molecule has 0 aromatic carbocycles. The van der Waals surface area contributed by atoms with E-state index in [1.807, 2.05) is 6.92 Å². The molecule has 0 spiro atoms. The molecule has 23 heavy (non-hydrogen) atoms. The maximum absolute atomic E-state index is 13.6. The van der Waals surface area contributed by atoms with Crippen molar-refractivity contribution in [1.29, 1.82) is 0 Å². The molecule has 1 aliphatic heterocycles. The maximum Gasteiger partial charge on any atom is 0.234 e.